The number of para-hydroxylation sites is 1. The van der Waals surface area contributed by atoms with Crippen molar-refractivity contribution in [1.82, 2.24) is 14.6 Å². The molecule has 8 nitrogen and oxygen atoms in total. The van der Waals surface area contributed by atoms with Crippen LogP contribution in [0, 0.1) is 5.92 Å². The summed E-state index contributed by atoms with van der Waals surface area (Å²) in [5.41, 5.74) is 2.83. The van der Waals surface area contributed by atoms with E-state index >= 15 is 0 Å². The van der Waals surface area contributed by atoms with Gasteiger partial charge >= 0.3 is 0 Å². The second-order valence-electron chi connectivity index (χ2n) is 8.72. The maximum atomic E-state index is 13.0. The maximum Gasteiger partial charge on any atom is 0.243 e. The summed E-state index contributed by atoms with van der Waals surface area (Å²) >= 11 is 0. The first-order valence-corrected chi connectivity index (χ1v) is 13.0. The van der Waals surface area contributed by atoms with Gasteiger partial charge in [-0.25, -0.2) is 8.42 Å². The number of aromatic nitrogens is 1. The van der Waals surface area contributed by atoms with E-state index in [4.69, 9.17) is 0 Å². The molecule has 3 N–H and O–H groups in total. The molecule has 0 bridgehead atoms. The van der Waals surface area contributed by atoms with Crippen LogP contribution in [0.1, 0.15) is 31.7 Å². The average molecular weight is 483 g/mol. The average Bonchev–Trinajstić information content (AvgIpc) is 3.22. The number of carbonyl (C=O) groups is 2. The van der Waals surface area contributed by atoms with Gasteiger partial charge in [-0.3, -0.25) is 9.59 Å². The molecule has 1 saturated heterocycles. The van der Waals surface area contributed by atoms with Gasteiger partial charge in [0.05, 0.1) is 4.90 Å². The fraction of sp³-hybridized carbons (Fsp3) is 0.360. The highest BCUT2D eigenvalue weighted by molar-refractivity contribution is 7.89. The Labute approximate surface area is 199 Å². The van der Waals surface area contributed by atoms with Gasteiger partial charge in [-0.15, -0.1) is 0 Å². The van der Waals surface area contributed by atoms with Crippen molar-refractivity contribution >= 4 is 38.4 Å². The molecule has 2 amide bonds. The van der Waals surface area contributed by atoms with Crippen LogP contribution < -0.4 is 10.6 Å². The van der Waals surface area contributed by atoms with Crippen molar-refractivity contribution < 1.29 is 18.0 Å². The van der Waals surface area contributed by atoms with E-state index in [1.165, 1.54) is 34.3 Å². The Kier molecular flexibility index (Phi) is 7.33. The van der Waals surface area contributed by atoms with Gasteiger partial charge < -0.3 is 15.6 Å². The predicted molar refractivity (Wildman–Crippen MR) is 132 cm³/mol. The lowest BCUT2D eigenvalue weighted by atomic mass is 9.94. The van der Waals surface area contributed by atoms with Gasteiger partial charge in [-0.2, -0.15) is 4.31 Å². The third-order valence-corrected chi connectivity index (χ3v) is 8.16. The van der Waals surface area contributed by atoms with E-state index in [2.05, 4.69) is 21.7 Å². The lowest BCUT2D eigenvalue weighted by molar-refractivity contribution is -0.122. The van der Waals surface area contributed by atoms with Crippen molar-refractivity contribution in [1.29, 1.82) is 0 Å². The van der Waals surface area contributed by atoms with Crippen molar-refractivity contribution in [2.45, 2.75) is 37.5 Å². The summed E-state index contributed by atoms with van der Waals surface area (Å²) in [6.45, 7) is 2.76. The number of anilines is 1. The van der Waals surface area contributed by atoms with Gasteiger partial charge in [0.15, 0.2) is 0 Å². The first kappa shape index (κ1) is 24.0. The number of hydrogen-bond donors (Lipinski definition) is 3. The Hall–Kier alpha value is -3.17. The standard InChI is InChI=1S/C25H30N4O4S/c1-18(30)28-21-6-8-22(9-7-21)34(32,33)29-14-11-19(12-15-29)16-25(31)26-13-10-20-17-27-24-5-3-2-4-23(20)24/h2-9,17,19,27H,10-16H2,1H3,(H,26,31)(H,28,30). The minimum absolute atomic E-state index is 0.00899. The van der Waals surface area contributed by atoms with E-state index in [-0.39, 0.29) is 22.6 Å². The van der Waals surface area contributed by atoms with E-state index in [0.717, 1.165) is 11.9 Å². The normalized spacial score (nSPS) is 15.3. The molecule has 1 aromatic heterocycles. The number of aromatic amines is 1. The molecule has 0 spiro atoms. The number of sulfonamides is 1. The van der Waals surface area contributed by atoms with Crippen LogP contribution in [0.3, 0.4) is 0 Å². The third kappa shape index (κ3) is 5.66. The lowest BCUT2D eigenvalue weighted by Gasteiger charge is -2.31. The number of amides is 2. The molecule has 34 heavy (non-hydrogen) atoms. The van der Waals surface area contributed by atoms with Crippen molar-refractivity contribution in [3.05, 3.63) is 60.3 Å². The second kappa shape index (κ2) is 10.4. The molecule has 4 rings (SSSR count). The number of H-pyrrole nitrogens is 1. The van der Waals surface area contributed by atoms with Crippen molar-refractivity contribution in [3.63, 3.8) is 0 Å². The summed E-state index contributed by atoms with van der Waals surface area (Å²) in [5, 5.41) is 6.81. The van der Waals surface area contributed by atoms with Gasteiger partial charge in [-0.05, 0) is 61.1 Å². The summed E-state index contributed by atoms with van der Waals surface area (Å²) in [5.74, 6) is -0.0314. The number of carbonyl (C=O) groups excluding carboxylic acids is 2. The number of nitrogens with zero attached hydrogens (tertiary/aromatic N) is 1. The second-order valence-corrected chi connectivity index (χ2v) is 10.7. The molecule has 0 atom stereocenters. The highest BCUT2D eigenvalue weighted by atomic mass is 32.2. The van der Waals surface area contributed by atoms with E-state index in [1.807, 2.05) is 24.4 Å². The van der Waals surface area contributed by atoms with Crippen molar-refractivity contribution in [2.75, 3.05) is 25.0 Å². The van der Waals surface area contributed by atoms with Gasteiger partial charge in [0.2, 0.25) is 21.8 Å². The van der Waals surface area contributed by atoms with E-state index in [9.17, 15) is 18.0 Å². The number of piperidine rings is 1. The molecule has 0 radical (unpaired) electrons. The van der Waals surface area contributed by atoms with Crippen LogP contribution in [-0.4, -0.2) is 49.2 Å². The molecule has 2 aromatic carbocycles. The first-order chi connectivity index (χ1) is 16.3. The fourth-order valence-corrected chi connectivity index (χ4v) is 5.90. The number of benzene rings is 2. The first-order valence-electron chi connectivity index (χ1n) is 11.5. The minimum atomic E-state index is -3.60. The van der Waals surface area contributed by atoms with Gasteiger partial charge in [-0.1, -0.05) is 18.2 Å². The van der Waals surface area contributed by atoms with Gasteiger partial charge in [0, 0.05) is 55.8 Å². The molecule has 0 saturated carbocycles. The van der Waals surface area contributed by atoms with Gasteiger partial charge in [0.25, 0.3) is 0 Å². The topological polar surface area (TPSA) is 111 Å². The molecule has 1 aliphatic heterocycles. The summed E-state index contributed by atoms with van der Waals surface area (Å²) in [6, 6.07) is 14.3. The third-order valence-electron chi connectivity index (χ3n) is 6.25. The summed E-state index contributed by atoms with van der Waals surface area (Å²) in [7, 11) is -3.60. The van der Waals surface area contributed by atoms with Crippen LogP contribution >= 0.6 is 0 Å². The highest BCUT2D eigenvalue weighted by Crippen LogP contribution is 2.26. The van der Waals surface area contributed by atoms with Gasteiger partial charge in [0.1, 0.15) is 0 Å². The minimum Gasteiger partial charge on any atom is -0.361 e. The lowest BCUT2D eigenvalue weighted by Crippen LogP contribution is -2.39. The summed E-state index contributed by atoms with van der Waals surface area (Å²) in [4.78, 5) is 27.0. The maximum absolute atomic E-state index is 13.0. The quantitative estimate of drug-likeness (QED) is 0.457. The molecule has 1 aliphatic rings. The summed E-state index contributed by atoms with van der Waals surface area (Å²) in [6.07, 6.45) is 4.46. The highest BCUT2D eigenvalue weighted by Gasteiger charge is 2.30. The Morgan fingerprint density at radius 1 is 1.06 bits per heavy atom. The van der Waals surface area contributed by atoms with E-state index < -0.39 is 10.0 Å². The SMILES string of the molecule is CC(=O)Nc1ccc(S(=O)(=O)N2CCC(CC(=O)NCCc3c[nH]c4ccccc34)CC2)cc1. The largest absolute Gasteiger partial charge is 0.361 e. The monoisotopic (exact) mass is 482 g/mol. The van der Waals surface area contributed by atoms with E-state index in [0.29, 0.717) is 44.6 Å². The summed E-state index contributed by atoms with van der Waals surface area (Å²) < 4.78 is 27.4. The molecule has 180 valence electrons. The van der Waals surface area contributed by atoms with Crippen LogP contribution in [0.15, 0.2) is 59.6 Å². The van der Waals surface area contributed by atoms with Crippen LogP contribution in [0.4, 0.5) is 5.69 Å². The molecule has 9 heteroatoms. The fourth-order valence-electron chi connectivity index (χ4n) is 4.43. The zero-order chi connectivity index (χ0) is 24.1. The zero-order valence-electron chi connectivity index (χ0n) is 19.2. The van der Waals surface area contributed by atoms with Crippen LogP contribution in [0.5, 0.6) is 0 Å². The van der Waals surface area contributed by atoms with Crippen molar-refractivity contribution in [2.24, 2.45) is 5.92 Å². The number of rotatable bonds is 8. The Balaban J connectivity index is 1.23. The molecule has 2 heterocycles. The Morgan fingerprint density at radius 2 is 1.76 bits per heavy atom. The zero-order valence-corrected chi connectivity index (χ0v) is 20.0. The van der Waals surface area contributed by atoms with Crippen molar-refractivity contribution in [3.8, 4) is 0 Å². The smallest absolute Gasteiger partial charge is 0.243 e. The molecule has 0 unspecified atom stereocenters. The predicted octanol–water partition coefficient (Wildman–Crippen LogP) is 3.28. The number of fused-ring (bicyclic) bond motifs is 1. The Bertz CT molecular complexity index is 1260. The molecule has 1 fully saturated rings. The molecular weight excluding hydrogens is 452 g/mol. The Morgan fingerprint density at radius 3 is 2.47 bits per heavy atom. The number of hydrogen-bond acceptors (Lipinski definition) is 4. The van der Waals surface area contributed by atoms with Crippen LogP contribution in [0.25, 0.3) is 10.9 Å². The van der Waals surface area contributed by atoms with E-state index in [1.54, 1.807) is 12.1 Å². The van der Waals surface area contributed by atoms with Crippen LogP contribution in [-0.2, 0) is 26.0 Å². The molecular formula is C25H30N4O4S. The molecule has 0 aliphatic carbocycles. The molecule has 3 aromatic rings. The van der Waals surface area contributed by atoms with Crippen LogP contribution in [0.2, 0.25) is 0 Å². The number of nitrogens with one attached hydrogen (secondary N) is 3.